The lowest BCUT2D eigenvalue weighted by Gasteiger charge is -2.06. The maximum absolute atomic E-state index is 12.1. The molecule has 0 bridgehead atoms. The molecule has 100 valence electrons. The molecule has 1 heterocycles. The molecule has 0 saturated heterocycles. The van der Waals surface area contributed by atoms with Gasteiger partial charge in [0.15, 0.2) is 0 Å². The SMILES string of the molecule is O=S(=O)(Nc1nccc(Cl)n1)c1ccc(CBr)cc1. The monoisotopic (exact) mass is 361 g/mol. The van der Waals surface area contributed by atoms with Crippen molar-refractivity contribution in [2.24, 2.45) is 0 Å². The van der Waals surface area contributed by atoms with Crippen LogP contribution >= 0.6 is 27.5 Å². The van der Waals surface area contributed by atoms with Crippen LogP contribution in [0.1, 0.15) is 5.56 Å². The number of benzene rings is 1. The van der Waals surface area contributed by atoms with Crippen molar-refractivity contribution in [3.8, 4) is 0 Å². The van der Waals surface area contributed by atoms with Gasteiger partial charge < -0.3 is 0 Å². The molecule has 0 unspecified atom stereocenters. The smallest absolute Gasteiger partial charge is 0.247 e. The Balaban J connectivity index is 2.27. The first-order chi connectivity index (χ1) is 9.01. The molecule has 0 aliphatic carbocycles. The minimum Gasteiger partial charge on any atom is -0.247 e. The van der Waals surface area contributed by atoms with Crippen LogP contribution in [0.2, 0.25) is 5.15 Å². The van der Waals surface area contributed by atoms with Gasteiger partial charge in [-0.05, 0) is 23.8 Å². The fourth-order valence-corrected chi connectivity index (χ4v) is 2.78. The van der Waals surface area contributed by atoms with E-state index in [2.05, 4.69) is 30.6 Å². The number of hydrogen-bond donors (Lipinski definition) is 1. The average Bonchev–Trinajstić information content (AvgIpc) is 2.38. The zero-order valence-corrected chi connectivity index (χ0v) is 12.7. The van der Waals surface area contributed by atoms with Gasteiger partial charge in [0.2, 0.25) is 5.95 Å². The summed E-state index contributed by atoms with van der Waals surface area (Å²) in [5.74, 6) is -0.0583. The Labute approximate surface area is 124 Å². The average molecular weight is 363 g/mol. The molecule has 19 heavy (non-hydrogen) atoms. The van der Waals surface area contributed by atoms with Crippen LogP contribution in [0, 0.1) is 0 Å². The maximum Gasteiger partial charge on any atom is 0.264 e. The largest absolute Gasteiger partial charge is 0.264 e. The number of anilines is 1. The Bertz CT molecular complexity index is 677. The number of nitrogens with zero attached hydrogens (tertiary/aromatic N) is 2. The quantitative estimate of drug-likeness (QED) is 0.670. The van der Waals surface area contributed by atoms with Crippen LogP contribution in [0.5, 0.6) is 0 Å². The minimum atomic E-state index is -3.70. The first-order valence-corrected chi connectivity index (χ1v) is 8.16. The van der Waals surface area contributed by atoms with E-state index < -0.39 is 10.0 Å². The fraction of sp³-hybridized carbons (Fsp3) is 0.0909. The molecule has 2 rings (SSSR count). The molecule has 0 amide bonds. The van der Waals surface area contributed by atoms with Crippen LogP contribution in [-0.2, 0) is 15.4 Å². The van der Waals surface area contributed by atoms with Crippen molar-refractivity contribution in [2.45, 2.75) is 10.2 Å². The molecule has 1 aromatic heterocycles. The van der Waals surface area contributed by atoms with Crippen LogP contribution in [0.15, 0.2) is 41.4 Å². The standard InChI is InChI=1S/C11H9BrClN3O2S/c12-7-8-1-3-9(4-2-8)19(17,18)16-11-14-6-5-10(13)15-11/h1-6H,7H2,(H,14,15,16). The summed E-state index contributed by atoms with van der Waals surface area (Å²) in [6, 6.07) is 7.95. The van der Waals surface area contributed by atoms with Crippen molar-refractivity contribution in [3.63, 3.8) is 0 Å². The first kappa shape index (κ1) is 14.2. The van der Waals surface area contributed by atoms with Gasteiger partial charge in [-0.2, -0.15) is 0 Å². The van der Waals surface area contributed by atoms with Crippen LogP contribution in [0.3, 0.4) is 0 Å². The first-order valence-electron chi connectivity index (χ1n) is 5.17. The predicted molar refractivity (Wildman–Crippen MR) is 76.9 cm³/mol. The molecule has 0 aliphatic rings. The molecule has 0 atom stereocenters. The summed E-state index contributed by atoms with van der Waals surface area (Å²) in [5.41, 5.74) is 0.984. The number of halogens is 2. The van der Waals surface area contributed by atoms with E-state index in [0.29, 0.717) is 5.33 Å². The zero-order chi connectivity index (χ0) is 13.9. The summed E-state index contributed by atoms with van der Waals surface area (Å²) in [6.07, 6.45) is 1.38. The van der Waals surface area contributed by atoms with Crippen LogP contribution in [-0.4, -0.2) is 18.4 Å². The lowest BCUT2D eigenvalue weighted by Crippen LogP contribution is -2.15. The molecule has 0 saturated carbocycles. The van der Waals surface area contributed by atoms with Gasteiger partial charge in [-0.25, -0.2) is 23.1 Å². The Morgan fingerprint density at radius 2 is 1.89 bits per heavy atom. The highest BCUT2D eigenvalue weighted by Gasteiger charge is 2.15. The molecule has 5 nitrogen and oxygen atoms in total. The number of rotatable bonds is 4. The fourth-order valence-electron chi connectivity index (χ4n) is 1.32. The second-order valence-electron chi connectivity index (χ2n) is 3.59. The Morgan fingerprint density at radius 1 is 1.21 bits per heavy atom. The van der Waals surface area contributed by atoms with Crippen LogP contribution < -0.4 is 4.72 Å². The second-order valence-corrected chi connectivity index (χ2v) is 6.22. The third-order valence-electron chi connectivity index (χ3n) is 2.24. The molecule has 2 aromatic rings. The van der Waals surface area contributed by atoms with Crippen LogP contribution in [0.4, 0.5) is 5.95 Å². The predicted octanol–water partition coefficient (Wildman–Crippen LogP) is 2.83. The minimum absolute atomic E-state index is 0.0583. The molecule has 0 aliphatic heterocycles. The van der Waals surface area contributed by atoms with E-state index in [9.17, 15) is 8.42 Å². The maximum atomic E-state index is 12.1. The van der Waals surface area contributed by atoms with E-state index in [1.165, 1.54) is 24.4 Å². The summed E-state index contributed by atoms with van der Waals surface area (Å²) in [6.45, 7) is 0. The van der Waals surface area contributed by atoms with Gasteiger partial charge >= 0.3 is 0 Å². The van der Waals surface area contributed by atoms with Crippen molar-refractivity contribution < 1.29 is 8.42 Å². The molecule has 1 N–H and O–H groups in total. The van der Waals surface area contributed by atoms with E-state index in [-0.39, 0.29) is 16.0 Å². The molecular weight excluding hydrogens is 354 g/mol. The van der Waals surface area contributed by atoms with Crippen molar-refractivity contribution in [2.75, 3.05) is 4.72 Å². The number of hydrogen-bond acceptors (Lipinski definition) is 4. The molecule has 8 heteroatoms. The van der Waals surface area contributed by atoms with Crippen molar-refractivity contribution in [1.29, 1.82) is 0 Å². The van der Waals surface area contributed by atoms with Gasteiger partial charge in [0.1, 0.15) is 5.15 Å². The zero-order valence-electron chi connectivity index (χ0n) is 9.55. The normalized spacial score (nSPS) is 11.3. The van der Waals surface area contributed by atoms with Crippen LogP contribution in [0.25, 0.3) is 0 Å². The highest BCUT2D eigenvalue weighted by atomic mass is 79.9. The third kappa shape index (κ3) is 3.65. The molecule has 0 radical (unpaired) electrons. The number of alkyl halides is 1. The van der Waals surface area contributed by atoms with E-state index in [0.717, 1.165) is 5.56 Å². The van der Waals surface area contributed by atoms with E-state index in [1.54, 1.807) is 12.1 Å². The van der Waals surface area contributed by atoms with Crippen molar-refractivity contribution >= 4 is 43.5 Å². The van der Waals surface area contributed by atoms with E-state index >= 15 is 0 Å². The molecule has 1 aromatic carbocycles. The highest BCUT2D eigenvalue weighted by molar-refractivity contribution is 9.08. The Hall–Kier alpha value is -1.18. The van der Waals surface area contributed by atoms with E-state index in [4.69, 9.17) is 11.6 Å². The van der Waals surface area contributed by atoms with Crippen molar-refractivity contribution in [3.05, 3.63) is 47.2 Å². The molecular formula is C11H9BrClN3O2S. The molecule has 0 spiro atoms. The molecule has 0 fully saturated rings. The summed E-state index contributed by atoms with van der Waals surface area (Å²) in [4.78, 5) is 7.70. The summed E-state index contributed by atoms with van der Waals surface area (Å²) in [7, 11) is -3.70. The van der Waals surface area contributed by atoms with E-state index in [1.807, 2.05) is 0 Å². The topological polar surface area (TPSA) is 72.0 Å². The highest BCUT2D eigenvalue weighted by Crippen LogP contribution is 2.16. The van der Waals surface area contributed by atoms with Crippen molar-refractivity contribution in [1.82, 2.24) is 9.97 Å². The van der Waals surface area contributed by atoms with Gasteiger partial charge in [0.25, 0.3) is 10.0 Å². The van der Waals surface area contributed by atoms with Gasteiger partial charge in [0, 0.05) is 11.5 Å². The third-order valence-corrected chi connectivity index (χ3v) is 4.44. The number of nitrogens with one attached hydrogen (secondary N) is 1. The lowest BCUT2D eigenvalue weighted by molar-refractivity contribution is 0.601. The Kier molecular flexibility index (Phi) is 4.38. The Morgan fingerprint density at radius 3 is 2.47 bits per heavy atom. The van der Waals surface area contributed by atoms with Gasteiger partial charge in [-0.3, -0.25) is 0 Å². The van der Waals surface area contributed by atoms with Gasteiger partial charge in [-0.1, -0.05) is 39.7 Å². The number of sulfonamides is 1. The lowest BCUT2D eigenvalue weighted by atomic mass is 10.2. The number of aromatic nitrogens is 2. The second kappa shape index (κ2) is 5.85. The summed E-state index contributed by atoms with van der Waals surface area (Å²) in [5, 5.41) is 0.834. The summed E-state index contributed by atoms with van der Waals surface area (Å²) >= 11 is 8.96. The summed E-state index contributed by atoms with van der Waals surface area (Å²) < 4.78 is 26.4. The van der Waals surface area contributed by atoms with Gasteiger partial charge in [0.05, 0.1) is 4.90 Å². The van der Waals surface area contributed by atoms with Gasteiger partial charge in [-0.15, -0.1) is 0 Å².